The summed E-state index contributed by atoms with van der Waals surface area (Å²) in [5.74, 6) is 2.88. The molecule has 266 valence electrons. The van der Waals surface area contributed by atoms with E-state index in [9.17, 15) is 9.90 Å². The first kappa shape index (κ1) is 33.2. The van der Waals surface area contributed by atoms with Gasteiger partial charge in [-0.1, -0.05) is 32.0 Å². The molecule has 0 unspecified atom stereocenters. The van der Waals surface area contributed by atoms with Gasteiger partial charge in [-0.3, -0.25) is 4.79 Å². The van der Waals surface area contributed by atoms with Crippen LogP contribution in [-0.4, -0.2) is 81.4 Å². The van der Waals surface area contributed by atoms with Crippen molar-refractivity contribution in [1.29, 1.82) is 0 Å². The first-order valence-corrected chi connectivity index (χ1v) is 17.9. The molecule has 3 aliphatic heterocycles. The van der Waals surface area contributed by atoms with Crippen LogP contribution in [0, 0.1) is 11.8 Å². The van der Waals surface area contributed by atoms with Crippen LogP contribution < -0.4 is 15.0 Å². The number of amides is 1. The molecule has 5 aromatic rings. The quantitative estimate of drug-likeness (QED) is 0.116. The van der Waals surface area contributed by atoms with Gasteiger partial charge in [0, 0.05) is 36.6 Å². The zero-order valence-electron chi connectivity index (χ0n) is 29.7. The fraction of sp³-hybridized carbons (Fsp3) is 0.436. The monoisotopic (exact) mass is 692 g/mol. The van der Waals surface area contributed by atoms with Crippen molar-refractivity contribution >= 4 is 33.8 Å². The lowest BCUT2D eigenvalue weighted by Gasteiger charge is -2.29. The molecule has 51 heavy (non-hydrogen) atoms. The normalized spacial score (nSPS) is 22.4. The second kappa shape index (κ2) is 13.3. The molecule has 2 aromatic heterocycles. The van der Waals surface area contributed by atoms with Crippen molar-refractivity contribution in [1.82, 2.24) is 30.2 Å². The summed E-state index contributed by atoms with van der Waals surface area (Å²) in [4.78, 5) is 35.6. The van der Waals surface area contributed by atoms with Crippen molar-refractivity contribution in [2.24, 2.45) is 11.8 Å². The molecule has 12 heteroatoms. The van der Waals surface area contributed by atoms with Gasteiger partial charge in [-0.15, -0.1) is 0 Å². The van der Waals surface area contributed by atoms with E-state index in [1.165, 1.54) is 7.11 Å². The molecule has 0 radical (unpaired) electrons. The topological polar surface area (TPSA) is 152 Å². The number of rotatable bonds is 8. The van der Waals surface area contributed by atoms with Gasteiger partial charge in [-0.05, 0) is 78.4 Å². The maximum Gasteiger partial charge on any atom is 0.545 e. The summed E-state index contributed by atoms with van der Waals surface area (Å²) in [5, 5.41) is 15.7. The molecule has 8 rings (SSSR count). The molecule has 5 atom stereocenters. The minimum atomic E-state index is -0.638. The molecule has 12 nitrogen and oxygen atoms in total. The maximum atomic E-state index is 13.9. The third kappa shape index (κ3) is 5.99. The second-order valence-corrected chi connectivity index (χ2v) is 14.6. The number of imidazole rings is 2. The molecular formula is C39H46N7O5+. The molecule has 2 saturated heterocycles. The summed E-state index contributed by atoms with van der Waals surface area (Å²) in [6.45, 7) is 8.12. The molecule has 5 heterocycles. The zero-order chi connectivity index (χ0) is 35.4. The number of hydrogen-bond acceptors (Lipinski definition) is 7. The number of carbonyl (C=O) groups is 1. The van der Waals surface area contributed by atoms with Crippen molar-refractivity contribution in [3.8, 4) is 28.1 Å². The lowest BCUT2D eigenvalue weighted by molar-refractivity contribution is -0.516. The van der Waals surface area contributed by atoms with Crippen LogP contribution in [0.5, 0.6) is 5.75 Å². The van der Waals surface area contributed by atoms with E-state index in [0.717, 1.165) is 99.6 Å². The molecule has 5 N–H and O–H groups in total. The summed E-state index contributed by atoms with van der Waals surface area (Å²) < 4.78 is 16.7. The van der Waals surface area contributed by atoms with Crippen LogP contribution in [0.15, 0.2) is 48.7 Å². The third-order valence-corrected chi connectivity index (χ3v) is 10.9. The highest BCUT2D eigenvalue weighted by atomic mass is 16.6. The standard InChI is InChI=1S/C39H45N7O5/c1-20(2)34(45-39(48)50-5)38(47)46-21(3)6-11-32(46)37-42-29-10-8-23-14-28-26-9-7-24(13-25(26)19-51-33(28)15-27(23)35(29)44-37)31-17-41-36(43-31)30-12-22(16-40-30)18-49-4/h7-10,13-15,17,20-22,30,32,34,40H,6,11-12,16,18-19H2,1-5H3,(H,41,43)(H,42,44)(H,45,48)/p+1/t21-,22-,30-,32-,34-/m0/s1. The number of aromatic amines is 2. The number of H-pyrrole nitrogens is 2. The summed E-state index contributed by atoms with van der Waals surface area (Å²) in [5.41, 5.74) is 7.17. The predicted octanol–water partition coefficient (Wildman–Crippen LogP) is 4.68. The van der Waals surface area contributed by atoms with Crippen molar-refractivity contribution in [2.75, 3.05) is 27.4 Å². The number of fused-ring (bicyclic) bond motifs is 6. The number of benzene rings is 3. The summed E-state index contributed by atoms with van der Waals surface area (Å²) >= 11 is 0. The molecule has 0 aliphatic carbocycles. The number of nitrogens with zero attached hydrogens (tertiary/aromatic N) is 3. The van der Waals surface area contributed by atoms with Crippen molar-refractivity contribution in [2.45, 2.75) is 70.8 Å². The summed E-state index contributed by atoms with van der Waals surface area (Å²) in [7, 11) is 3.12. The number of carbonyl (C=O) groups excluding carboxylic acids is 1. The van der Waals surface area contributed by atoms with E-state index in [-0.39, 0.29) is 36.0 Å². The van der Waals surface area contributed by atoms with E-state index in [4.69, 9.17) is 24.2 Å². The second-order valence-electron chi connectivity index (χ2n) is 14.6. The van der Waals surface area contributed by atoms with Crippen LogP contribution in [0.4, 0.5) is 0 Å². The van der Waals surface area contributed by atoms with Crippen LogP contribution in [0.1, 0.15) is 69.3 Å². The number of likely N-dealkylation sites (tertiary alicyclic amines) is 1. The molecule has 2 fully saturated rings. The molecule has 3 aliphatic rings. The maximum absolute atomic E-state index is 13.9. The van der Waals surface area contributed by atoms with Crippen LogP contribution in [0.2, 0.25) is 0 Å². The molecule has 0 bridgehead atoms. The molecular weight excluding hydrogens is 646 g/mol. The Morgan fingerprint density at radius 2 is 1.96 bits per heavy atom. The molecule has 0 spiro atoms. The van der Waals surface area contributed by atoms with Crippen LogP contribution in [-0.2, 0) is 20.9 Å². The Balaban J connectivity index is 1.08. The number of aromatic nitrogens is 4. The number of nitrogens with one attached hydrogen (secondary N) is 4. The fourth-order valence-electron chi connectivity index (χ4n) is 8.16. The number of methoxy groups -OCH3 is 2. The third-order valence-electron chi connectivity index (χ3n) is 10.9. The first-order chi connectivity index (χ1) is 24.7. The average Bonchev–Trinajstić information content (AvgIpc) is 3.95. The lowest BCUT2D eigenvalue weighted by atomic mass is 9.92. The highest BCUT2D eigenvalue weighted by Gasteiger charge is 2.43. The van der Waals surface area contributed by atoms with Gasteiger partial charge in [0.1, 0.15) is 24.0 Å². The van der Waals surface area contributed by atoms with Gasteiger partial charge < -0.3 is 39.5 Å². The van der Waals surface area contributed by atoms with Crippen LogP contribution >= 0.6 is 0 Å². The van der Waals surface area contributed by atoms with Crippen molar-refractivity contribution in [3.05, 3.63) is 65.9 Å². The summed E-state index contributed by atoms with van der Waals surface area (Å²) in [6.07, 6.45) is 4.21. The molecule has 3 aromatic carbocycles. The number of aliphatic hydroxyl groups is 1. The predicted molar refractivity (Wildman–Crippen MR) is 194 cm³/mol. The Morgan fingerprint density at radius 3 is 2.76 bits per heavy atom. The van der Waals surface area contributed by atoms with E-state index < -0.39 is 6.04 Å². The van der Waals surface area contributed by atoms with Gasteiger partial charge in [-0.25, -0.2) is 9.97 Å². The SMILES string of the molecule is COC[C@@H]1CN[C@H](c2ncc(-c3ccc4c(c3)COc3cc5c(ccc6[nH]c([C@@H]7CC[C@H](C)N7C(=O)[C@@H]([NH+]=C(O)OC)C(C)C)nc65)cc3-4)[nH]2)C1. The number of ether oxygens (including phenoxy) is 3. The lowest BCUT2D eigenvalue weighted by Crippen LogP contribution is -2.85. The van der Waals surface area contributed by atoms with Crippen molar-refractivity contribution in [3.63, 3.8) is 0 Å². The molecule has 0 saturated carbocycles. The van der Waals surface area contributed by atoms with E-state index in [0.29, 0.717) is 12.5 Å². The Kier molecular flexibility index (Phi) is 8.67. The minimum absolute atomic E-state index is 0.0228. The van der Waals surface area contributed by atoms with E-state index in [2.05, 4.69) is 69.7 Å². The zero-order valence-corrected chi connectivity index (χ0v) is 29.7. The largest absolute Gasteiger partial charge is 0.545 e. The van der Waals surface area contributed by atoms with Gasteiger partial charge in [0.2, 0.25) is 6.04 Å². The van der Waals surface area contributed by atoms with Gasteiger partial charge in [0.25, 0.3) is 5.91 Å². The highest BCUT2D eigenvalue weighted by Crippen LogP contribution is 2.43. The van der Waals surface area contributed by atoms with Gasteiger partial charge in [-0.2, -0.15) is 4.99 Å². The van der Waals surface area contributed by atoms with Crippen LogP contribution in [0.3, 0.4) is 0 Å². The van der Waals surface area contributed by atoms with Gasteiger partial charge >= 0.3 is 6.08 Å². The Labute approximate surface area is 296 Å². The van der Waals surface area contributed by atoms with E-state index in [1.54, 1.807) is 7.11 Å². The molecule has 1 amide bonds. The smallest absolute Gasteiger partial charge is 0.488 e. The van der Waals surface area contributed by atoms with Crippen LogP contribution in [0.25, 0.3) is 44.2 Å². The Bertz CT molecular complexity index is 2140. The highest BCUT2D eigenvalue weighted by molar-refractivity contribution is 6.07. The van der Waals surface area contributed by atoms with Crippen molar-refractivity contribution < 1.29 is 29.1 Å². The number of aliphatic hydroxyl groups excluding tert-OH is 1. The Hall–Kier alpha value is -4.94. The van der Waals surface area contributed by atoms with E-state index >= 15 is 0 Å². The average molecular weight is 693 g/mol. The van der Waals surface area contributed by atoms with Gasteiger partial charge in [0.15, 0.2) is 0 Å². The number of hydrogen-bond donors (Lipinski definition) is 5. The first-order valence-electron chi connectivity index (χ1n) is 17.9. The van der Waals surface area contributed by atoms with E-state index in [1.807, 2.05) is 24.9 Å². The summed E-state index contributed by atoms with van der Waals surface area (Å²) in [6, 6.07) is 14.4. The Morgan fingerprint density at radius 1 is 1.10 bits per heavy atom. The minimum Gasteiger partial charge on any atom is -0.488 e. The fourth-order valence-corrected chi connectivity index (χ4v) is 8.16. The van der Waals surface area contributed by atoms with Gasteiger partial charge in [0.05, 0.1) is 48.7 Å².